The Hall–Kier alpha value is -1.32. The summed E-state index contributed by atoms with van der Waals surface area (Å²) in [5, 5.41) is 10.5. The third kappa shape index (κ3) is 2.67. The summed E-state index contributed by atoms with van der Waals surface area (Å²) in [5.41, 5.74) is 2.12. The Morgan fingerprint density at radius 3 is 2.74 bits per heavy atom. The van der Waals surface area contributed by atoms with Crippen LogP contribution in [0.25, 0.3) is 0 Å². The topological polar surface area (TPSA) is 29.5 Å². The Kier molecular flexibility index (Phi) is 3.58. The standard InChI is InChI=1S/C16H15BrO2/c17-13-6-7-14-15(9-13)19-10-12(16(14)18)8-11-4-2-1-3-5-11/h1-7,9,12,16,18H,8,10H2/t12-,16+/m0/s1. The fourth-order valence-corrected chi connectivity index (χ4v) is 2.85. The van der Waals surface area contributed by atoms with E-state index in [2.05, 4.69) is 28.1 Å². The van der Waals surface area contributed by atoms with Gasteiger partial charge in [0, 0.05) is 16.0 Å². The molecule has 1 heterocycles. The minimum absolute atomic E-state index is 0.107. The molecule has 3 heteroatoms. The molecule has 2 atom stereocenters. The molecule has 19 heavy (non-hydrogen) atoms. The van der Waals surface area contributed by atoms with Crippen LogP contribution in [0.4, 0.5) is 0 Å². The van der Waals surface area contributed by atoms with Crippen LogP contribution < -0.4 is 4.74 Å². The van der Waals surface area contributed by atoms with Gasteiger partial charge in [-0.25, -0.2) is 0 Å². The minimum atomic E-state index is -0.461. The first-order valence-corrected chi connectivity index (χ1v) is 7.17. The molecule has 0 unspecified atom stereocenters. The highest BCUT2D eigenvalue weighted by Gasteiger charge is 2.29. The van der Waals surface area contributed by atoms with E-state index in [9.17, 15) is 5.11 Å². The smallest absolute Gasteiger partial charge is 0.126 e. The van der Waals surface area contributed by atoms with Gasteiger partial charge >= 0.3 is 0 Å². The fourth-order valence-electron chi connectivity index (χ4n) is 2.51. The summed E-state index contributed by atoms with van der Waals surface area (Å²) in [6.07, 6.45) is 0.370. The van der Waals surface area contributed by atoms with Crippen molar-refractivity contribution in [2.45, 2.75) is 12.5 Å². The van der Waals surface area contributed by atoms with Gasteiger partial charge in [-0.15, -0.1) is 0 Å². The van der Waals surface area contributed by atoms with E-state index in [1.807, 2.05) is 36.4 Å². The molecule has 0 saturated carbocycles. The summed E-state index contributed by atoms with van der Waals surface area (Å²) >= 11 is 3.42. The summed E-state index contributed by atoms with van der Waals surface area (Å²) in [5.74, 6) is 0.891. The molecule has 0 aromatic heterocycles. The van der Waals surface area contributed by atoms with Crippen molar-refractivity contribution in [2.24, 2.45) is 5.92 Å². The van der Waals surface area contributed by atoms with E-state index in [4.69, 9.17) is 4.74 Å². The van der Waals surface area contributed by atoms with Crippen LogP contribution in [0.3, 0.4) is 0 Å². The maximum Gasteiger partial charge on any atom is 0.126 e. The highest BCUT2D eigenvalue weighted by atomic mass is 79.9. The van der Waals surface area contributed by atoms with Gasteiger partial charge in [0.05, 0.1) is 12.7 Å². The van der Waals surface area contributed by atoms with Gasteiger partial charge in [0.1, 0.15) is 5.75 Å². The fraction of sp³-hybridized carbons (Fsp3) is 0.250. The lowest BCUT2D eigenvalue weighted by Crippen LogP contribution is -2.27. The zero-order chi connectivity index (χ0) is 13.2. The van der Waals surface area contributed by atoms with Crippen LogP contribution in [-0.2, 0) is 6.42 Å². The van der Waals surface area contributed by atoms with Gasteiger partial charge in [-0.3, -0.25) is 0 Å². The molecule has 0 radical (unpaired) electrons. The maximum absolute atomic E-state index is 10.5. The average molecular weight is 319 g/mol. The number of halogens is 1. The van der Waals surface area contributed by atoms with E-state index >= 15 is 0 Å². The van der Waals surface area contributed by atoms with E-state index in [-0.39, 0.29) is 5.92 Å². The molecule has 1 N–H and O–H groups in total. The summed E-state index contributed by atoms with van der Waals surface area (Å²) in [7, 11) is 0. The van der Waals surface area contributed by atoms with Gasteiger partial charge in [-0.05, 0) is 24.1 Å². The molecule has 3 rings (SSSR count). The van der Waals surface area contributed by atoms with Crippen LogP contribution in [-0.4, -0.2) is 11.7 Å². The second-order valence-corrected chi connectivity index (χ2v) is 5.80. The molecule has 2 aromatic rings. The van der Waals surface area contributed by atoms with Crippen molar-refractivity contribution >= 4 is 15.9 Å². The summed E-state index contributed by atoms with van der Waals surface area (Å²) < 4.78 is 6.74. The molecule has 2 aromatic carbocycles. The van der Waals surface area contributed by atoms with Crippen LogP contribution >= 0.6 is 15.9 Å². The molecule has 0 saturated heterocycles. The number of rotatable bonds is 2. The van der Waals surface area contributed by atoms with Gasteiger partial charge in [0.25, 0.3) is 0 Å². The van der Waals surface area contributed by atoms with E-state index in [0.29, 0.717) is 6.61 Å². The van der Waals surface area contributed by atoms with Gasteiger partial charge < -0.3 is 9.84 Å². The number of hydrogen-bond acceptors (Lipinski definition) is 2. The van der Waals surface area contributed by atoms with Crippen molar-refractivity contribution in [1.82, 2.24) is 0 Å². The van der Waals surface area contributed by atoms with E-state index in [0.717, 1.165) is 22.2 Å². The molecular weight excluding hydrogens is 304 g/mol. The molecule has 0 aliphatic carbocycles. The Bertz CT molecular complexity index is 568. The van der Waals surface area contributed by atoms with Gasteiger partial charge in [0.15, 0.2) is 0 Å². The number of aliphatic hydroxyl groups excluding tert-OH is 1. The minimum Gasteiger partial charge on any atom is -0.493 e. The predicted octanol–water partition coefficient (Wildman–Crippen LogP) is 3.73. The van der Waals surface area contributed by atoms with Crippen molar-refractivity contribution in [3.05, 3.63) is 64.1 Å². The molecule has 1 aliphatic heterocycles. The van der Waals surface area contributed by atoms with Crippen molar-refractivity contribution < 1.29 is 9.84 Å². The van der Waals surface area contributed by atoms with Crippen molar-refractivity contribution in [1.29, 1.82) is 0 Å². The van der Waals surface area contributed by atoms with Crippen molar-refractivity contribution in [3.63, 3.8) is 0 Å². The largest absolute Gasteiger partial charge is 0.493 e. The van der Waals surface area contributed by atoms with Crippen molar-refractivity contribution in [2.75, 3.05) is 6.61 Å². The average Bonchev–Trinajstić information content (AvgIpc) is 2.43. The first kappa shape index (κ1) is 12.7. The molecule has 0 bridgehead atoms. The van der Waals surface area contributed by atoms with Crippen LogP contribution in [0.1, 0.15) is 17.2 Å². The molecule has 0 amide bonds. The number of benzene rings is 2. The van der Waals surface area contributed by atoms with Gasteiger partial charge in [0.2, 0.25) is 0 Å². The normalized spacial score (nSPS) is 21.6. The second kappa shape index (κ2) is 5.35. The lowest BCUT2D eigenvalue weighted by atomic mass is 9.88. The van der Waals surface area contributed by atoms with Crippen molar-refractivity contribution in [3.8, 4) is 5.75 Å². The van der Waals surface area contributed by atoms with E-state index in [1.54, 1.807) is 0 Å². The highest BCUT2D eigenvalue weighted by molar-refractivity contribution is 9.10. The van der Waals surface area contributed by atoms with Crippen LogP contribution in [0.2, 0.25) is 0 Å². The number of ether oxygens (including phenoxy) is 1. The molecule has 0 fully saturated rings. The summed E-state index contributed by atoms with van der Waals surface area (Å²) in [4.78, 5) is 0. The zero-order valence-corrected chi connectivity index (χ0v) is 12.0. The van der Waals surface area contributed by atoms with E-state index < -0.39 is 6.10 Å². The lowest BCUT2D eigenvalue weighted by Gasteiger charge is -2.30. The second-order valence-electron chi connectivity index (χ2n) is 4.89. The molecular formula is C16H15BrO2. The Morgan fingerprint density at radius 1 is 1.16 bits per heavy atom. The number of aliphatic hydroxyl groups is 1. The lowest BCUT2D eigenvalue weighted by molar-refractivity contribution is 0.0507. The quantitative estimate of drug-likeness (QED) is 0.914. The van der Waals surface area contributed by atoms with Crippen LogP contribution in [0, 0.1) is 5.92 Å². The Labute approximate surface area is 121 Å². The monoisotopic (exact) mass is 318 g/mol. The first-order valence-electron chi connectivity index (χ1n) is 6.38. The zero-order valence-electron chi connectivity index (χ0n) is 10.4. The predicted molar refractivity (Wildman–Crippen MR) is 78.2 cm³/mol. The van der Waals surface area contributed by atoms with Crippen LogP contribution in [0.15, 0.2) is 53.0 Å². The number of fused-ring (bicyclic) bond motifs is 1. The maximum atomic E-state index is 10.5. The molecule has 98 valence electrons. The first-order chi connectivity index (χ1) is 9.24. The van der Waals surface area contributed by atoms with Crippen LogP contribution in [0.5, 0.6) is 5.75 Å². The summed E-state index contributed by atoms with van der Waals surface area (Å²) in [6.45, 7) is 0.555. The van der Waals surface area contributed by atoms with E-state index in [1.165, 1.54) is 5.56 Å². The van der Waals surface area contributed by atoms with Gasteiger partial charge in [-0.2, -0.15) is 0 Å². The third-order valence-electron chi connectivity index (χ3n) is 3.53. The molecule has 1 aliphatic rings. The van der Waals surface area contributed by atoms with Gasteiger partial charge in [-0.1, -0.05) is 52.3 Å². The molecule has 0 spiro atoms. The Balaban J connectivity index is 1.82. The highest BCUT2D eigenvalue weighted by Crippen LogP contribution is 2.38. The third-order valence-corrected chi connectivity index (χ3v) is 4.03. The Morgan fingerprint density at radius 2 is 1.95 bits per heavy atom. The SMILES string of the molecule is O[C@H]1c2ccc(Br)cc2OC[C@@H]1Cc1ccccc1. The number of hydrogen-bond donors (Lipinski definition) is 1. The molecule has 2 nitrogen and oxygen atoms in total. The summed E-state index contributed by atoms with van der Waals surface area (Å²) in [6, 6.07) is 16.0.